The van der Waals surface area contributed by atoms with E-state index in [9.17, 15) is 9.59 Å². The molecule has 3 fully saturated rings. The van der Waals surface area contributed by atoms with Crippen molar-refractivity contribution in [1.82, 2.24) is 5.32 Å². The number of hydrogen-bond donors (Lipinski definition) is 1. The number of amides is 1. The van der Waals surface area contributed by atoms with Gasteiger partial charge in [0.15, 0.2) is 0 Å². The molecule has 2 saturated carbocycles. The van der Waals surface area contributed by atoms with Crippen molar-refractivity contribution in [3.05, 3.63) is 0 Å². The monoisotopic (exact) mass is 253 g/mol. The van der Waals surface area contributed by atoms with Crippen molar-refractivity contribution >= 4 is 11.9 Å². The van der Waals surface area contributed by atoms with Gasteiger partial charge in [0.05, 0.1) is 18.8 Å². The molecule has 18 heavy (non-hydrogen) atoms. The van der Waals surface area contributed by atoms with Gasteiger partial charge in [-0.05, 0) is 38.5 Å². The molecule has 1 aliphatic heterocycles. The van der Waals surface area contributed by atoms with E-state index < -0.39 is 11.9 Å². The van der Waals surface area contributed by atoms with Crippen LogP contribution in [0.5, 0.6) is 0 Å². The lowest BCUT2D eigenvalue weighted by atomic mass is 9.68. The molecule has 0 radical (unpaired) electrons. The van der Waals surface area contributed by atoms with Gasteiger partial charge in [-0.1, -0.05) is 0 Å². The largest absolute Gasteiger partial charge is 0.459 e. The van der Waals surface area contributed by atoms with Crippen LogP contribution < -0.4 is 5.32 Å². The molecule has 1 amide bonds. The first-order valence-corrected chi connectivity index (χ1v) is 6.72. The maximum Gasteiger partial charge on any atom is 0.396 e. The molecule has 1 saturated heterocycles. The minimum absolute atomic E-state index is 0.000389. The molecule has 3 rings (SSSR count). The SMILES string of the molecule is CCOC(=O)C(=O)NCC12CC1COC21CCC1. The highest BCUT2D eigenvalue weighted by Gasteiger charge is 2.73. The molecule has 0 bridgehead atoms. The van der Waals surface area contributed by atoms with Crippen molar-refractivity contribution in [1.29, 1.82) is 0 Å². The zero-order chi connectivity index (χ0) is 12.8. The number of esters is 1. The van der Waals surface area contributed by atoms with Crippen molar-refractivity contribution in [2.45, 2.75) is 38.2 Å². The standard InChI is InChI=1S/C13H19NO4/c1-2-17-11(16)10(15)14-8-12-6-9(12)7-18-13(12)4-3-5-13/h9H,2-8H2,1H3,(H,14,15). The summed E-state index contributed by atoms with van der Waals surface area (Å²) in [7, 11) is 0. The van der Waals surface area contributed by atoms with Crippen LogP contribution in [-0.4, -0.2) is 37.2 Å². The van der Waals surface area contributed by atoms with E-state index in [1.807, 2.05) is 0 Å². The number of ether oxygens (including phenoxy) is 2. The van der Waals surface area contributed by atoms with Gasteiger partial charge < -0.3 is 14.8 Å². The van der Waals surface area contributed by atoms with Crippen LogP contribution in [-0.2, 0) is 19.1 Å². The molecule has 1 spiro atoms. The molecule has 0 aromatic rings. The quantitative estimate of drug-likeness (QED) is 0.591. The lowest BCUT2D eigenvalue weighted by Gasteiger charge is -2.45. The Hall–Kier alpha value is -1.10. The molecular formula is C13H19NO4. The molecular weight excluding hydrogens is 234 g/mol. The maximum absolute atomic E-state index is 11.5. The van der Waals surface area contributed by atoms with Gasteiger partial charge in [0.2, 0.25) is 0 Å². The van der Waals surface area contributed by atoms with Crippen molar-refractivity contribution < 1.29 is 19.1 Å². The molecule has 5 heteroatoms. The van der Waals surface area contributed by atoms with Crippen LogP contribution in [0.1, 0.15) is 32.6 Å². The Morgan fingerprint density at radius 1 is 1.44 bits per heavy atom. The maximum atomic E-state index is 11.5. The van der Waals surface area contributed by atoms with Crippen LogP contribution in [0.25, 0.3) is 0 Å². The van der Waals surface area contributed by atoms with Crippen LogP contribution in [0, 0.1) is 11.3 Å². The summed E-state index contributed by atoms with van der Waals surface area (Å²) in [6, 6.07) is 0. The highest BCUT2D eigenvalue weighted by atomic mass is 16.5. The van der Waals surface area contributed by atoms with Gasteiger partial charge in [-0.3, -0.25) is 4.79 Å². The van der Waals surface area contributed by atoms with Gasteiger partial charge in [0.1, 0.15) is 0 Å². The van der Waals surface area contributed by atoms with Gasteiger partial charge >= 0.3 is 11.9 Å². The number of nitrogens with one attached hydrogen (secondary N) is 1. The molecule has 2 atom stereocenters. The van der Waals surface area contributed by atoms with Crippen molar-refractivity contribution in [3.8, 4) is 0 Å². The summed E-state index contributed by atoms with van der Waals surface area (Å²) in [6.45, 7) is 3.28. The van der Waals surface area contributed by atoms with E-state index >= 15 is 0 Å². The molecule has 2 unspecified atom stereocenters. The molecule has 0 aromatic heterocycles. The van der Waals surface area contributed by atoms with Gasteiger partial charge in [-0.15, -0.1) is 0 Å². The summed E-state index contributed by atoms with van der Waals surface area (Å²) in [5, 5.41) is 2.72. The van der Waals surface area contributed by atoms with Gasteiger partial charge in [0, 0.05) is 12.0 Å². The second-order valence-electron chi connectivity index (χ2n) is 5.62. The molecule has 5 nitrogen and oxygen atoms in total. The second kappa shape index (κ2) is 3.95. The first-order valence-electron chi connectivity index (χ1n) is 6.72. The molecule has 2 aliphatic carbocycles. The number of hydrogen-bond acceptors (Lipinski definition) is 4. The molecule has 1 N–H and O–H groups in total. The van der Waals surface area contributed by atoms with Crippen LogP contribution in [0.4, 0.5) is 0 Å². The summed E-state index contributed by atoms with van der Waals surface area (Å²) >= 11 is 0. The molecule has 0 aromatic carbocycles. The summed E-state index contributed by atoms with van der Waals surface area (Å²) in [4.78, 5) is 22.8. The smallest absolute Gasteiger partial charge is 0.396 e. The normalized spacial score (nSPS) is 34.6. The summed E-state index contributed by atoms with van der Waals surface area (Å²) in [6.07, 6.45) is 4.52. The third-order valence-electron chi connectivity index (χ3n) is 4.89. The molecule has 3 aliphatic rings. The Bertz CT molecular complexity index is 390. The Morgan fingerprint density at radius 3 is 2.78 bits per heavy atom. The highest BCUT2D eigenvalue weighted by Crippen LogP contribution is 2.70. The minimum atomic E-state index is -0.785. The average molecular weight is 253 g/mol. The number of fused-ring (bicyclic) bond motifs is 2. The topological polar surface area (TPSA) is 64.6 Å². The van der Waals surface area contributed by atoms with Crippen LogP contribution in [0.3, 0.4) is 0 Å². The predicted octanol–water partition coefficient (Wildman–Crippen LogP) is 0.625. The van der Waals surface area contributed by atoms with Gasteiger partial charge in [0.25, 0.3) is 0 Å². The lowest BCUT2D eigenvalue weighted by molar-refractivity contribution is -0.155. The van der Waals surface area contributed by atoms with E-state index in [2.05, 4.69) is 10.1 Å². The lowest BCUT2D eigenvalue weighted by Crippen LogP contribution is -2.51. The van der Waals surface area contributed by atoms with E-state index in [0.29, 0.717) is 12.5 Å². The first kappa shape index (κ1) is 12.0. The molecule has 1 heterocycles. The Balaban J connectivity index is 1.58. The van der Waals surface area contributed by atoms with E-state index in [4.69, 9.17) is 4.74 Å². The fraction of sp³-hybridized carbons (Fsp3) is 0.846. The summed E-state index contributed by atoms with van der Waals surface area (Å²) in [5.41, 5.74) is 0.104. The van der Waals surface area contributed by atoms with Gasteiger partial charge in [-0.2, -0.15) is 0 Å². The fourth-order valence-corrected chi connectivity index (χ4v) is 3.59. The number of carbonyl (C=O) groups is 2. The second-order valence-corrected chi connectivity index (χ2v) is 5.62. The average Bonchev–Trinajstić information content (AvgIpc) is 2.92. The zero-order valence-corrected chi connectivity index (χ0v) is 10.7. The van der Waals surface area contributed by atoms with Crippen molar-refractivity contribution in [2.75, 3.05) is 19.8 Å². The third kappa shape index (κ3) is 1.49. The van der Waals surface area contributed by atoms with E-state index in [0.717, 1.165) is 25.9 Å². The highest BCUT2D eigenvalue weighted by molar-refractivity contribution is 6.32. The van der Waals surface area contributed by atoms with Crippen molar-refractivity contribution in [2.24, 2.45) is 11.3 Å². The predicted molar refractivity (Wildman–Crippen MR) is 62.7 cm³/mol. The van der Waals surface area contributed by atoms with E-state index in [1.54, 1.807) is 6.92 Å². The molecule has 100 valence electrons. The Kier molecular flexibility index (Phi) is 2.62. The first-order chi connectivity index (χ1) is 8.63. The fourth-order valence-electron chi connectivity index (χ4n) is 3.59. The van der Waals surface area contributed by atoms with Gasteiger partial charge in [-0.25, -0.2) is 4.79 Å². The van der Waals surface area contributed by atoms with Crippen molar-refractivity contribution in [3.63, 3.8) is 0 Å². The van der Waals surface area contributed by atoms with Crippen LogP contribution in [0.2, 0.25) is 0 Å². The summed E-state index contributed by atoms with van der Waals surface area (Å²) in [5.74, 6) is -0.841. The van der Waals surface area contributed by atoms with Crippen LogP contribution >= 0.6 is 0 Å². The minimum Gasteiger partial charge on any atom is -0.459 e. The Labute approximate surface area is 106 Å². The summed E-state index contributed by atoms with van der Waals surface area (Å²) < 4.78 is 10.6. The number of carbonyl (C=O) groups excluding carboxylic acids is 2. The third-order valence-corrected chi connectivity index (χ3v) is 4.89. The van der Waals surface area contributed by atoms with E-state index in [-0.39, 0.29) is 17.6 Å². The Morgan fingerprint density at radius 2 is 2.22 bits per heavy atom. The van der Waals surface area contributed by atoms with Crippen LogP contribution in [0.15, 0.2) is 0 Å². The number of rotatable bonds is 3. The van der Waals surface area contributed by atoms with E-state index in [1.165, 1.54) is 6.42 Å². The zero-order valence-electron chi connectivity index (χ0n) is 10.7.